The van der Waals surface area contributed by atoms with Gasteiger partial charge in [0.25, 0.3) is 0 Å². The number of anilines is 2. The summed E-state index contributed by atoms with van der Waals surface area (Å²) < 4.78 is 43.9. The molecular formula is C13H18F3N3O2. The Hall–Kier alpha value is -1.96. The standard InChI is InChI=1S/C13H18F3N3O2/c1-19(2)9-4-5-11(10(8-9)13(14,15)16)18-12(20)17-6-7-21-3/h4-5,8H,6-7H2,1-3H3,(H2,17,18,20). The average Bonchev–Trinajstić information content (AvgIpc) is 2.37. The molecule has 0 saturated heterocycles. The van der Waals surface area contributed by atoms with Crippen LogP contribution in [0.2, 0.25) is 0 Å². The molecule has 0 heterocycles. The van der Waals surface area contributed by atoms with Crippen molar-refractivity contribution in [3.05, 3.63) is 23.8 Å². The topological polar surface area (TPSA) is 53.6 Å². The summed E-state index contributed by atoms with van der Waals surface area (Å²) in [7, 11) is 4.74. The lowest BCUT2D eigenvalue weighted by Gasteiger charge is -2.18. The van der Waals surface area contributed by atoms with Crippen LogP contribution in [0.1, 0.15) is 5.56 Å². The fourth-order valence-corrected chi connectivity index (χ4v) is 1.59. The first-order valence-electron chi connectivity index (χ1n) is 6.18. The fourth-order valence-electron chi connectivity index (χ4n) is 1.59. The number of hydrogen-bond acceptors (Lipinski definition) is 3. The summed E-state index contributed by atoms with van der Waals surface area (Å²) in [5, 5.41) is 4.59. The van der Waals surface area contributed by atoms with Gasteiger partial charge in [0.05, 0.1) is 17.9 Å². The van der Waals surface area contributed by atoms with E-state index in [1.165, 1.54) is 19.2 Å². The first-order valence-corrected chi connectivity index (χ1v) is 6.18. The molecule has 0 saturated carbocycles. The van der Waals surface area contributed by atoms with E-state index in [1.54, 1.807) is 19.0 Å². The van der Waals surface area contributed by atoms with Crippen LogP contribution in [-0.2, 0) is 10.9 Å². The summed E-state index contributed by atoms with van der Waals surface area (Å²) in [5.74, 6) is 0. The van der Waals surface area contributed by atoms with Gasteiger partial charge in [-0.25, -0.2) is 4.79 Å². The van der Waals surface area contributed by atoms with Gasteiger partial charge in [0, 0.05) is 33.4 Å². The van der Waals surface area contributed by atoms with Crippen molar-refractivity contribution in [2.75, 3.05) is 44.6 Å². The molecule has 1 rings (SSSR count). The lowest BCUT2D eigenvalue weighted by molar-refractivity contribution is -0.136. The molecule has 0 spiro atoms. The Kier molecular flexibility index (Phi) is 5.83. The molecule has 1 aromatic rings. The summed E-state index contributed by atoms with van der Waals surface area (Å²) in [6, 6.07) is 3.01. The minimum atomic E-state index is -4.55. The molecule has 0 bridgehead atoms. The third-order valence-electron chi connectivity index (χ3n) is 2.66. The van der Waals surface area contributed by atoms with E-state index in [-0.39, 0.29) is 18.8 Å². The lowest BCUT2D eigenvalue weighted by atomic mass is 10.1. The molecule has 8 heteroatoms. The average molecular weight is 305 g/mol. The van der Waals surface area contributed by atoms with Crippen molar-refractivity contribution in [2.45, 2.75) is 6.18 Å². The van der Waals surface area contributed by atoms with Crippen LogP contribution in [0.5, 0.6) is 0 Å². The second-order valence-electron chi connectivity index (χ2n) is 4.50. The van der Waals surface area contributed by atoms with Gasteiger partial charge in [-0.3, -0.25) is 0 Å². The first-order chi connectivity index (χ1) is 9.75. The summed E-state index contributed by atoms with van der Waals surface area (Å²) in [6.45, 7) is 0.485. The molecule has 118 valence electrons. The zero-order valence-corrected chi connectivity index (χ0v) is 12.0. The van der Waals surface area contributed by atoms with Crippen LogP contribution in [0, 0.1) is 0 Å². The van der Waals surface area contributed by atoms with E-state index in [1.807, 2.05) is 0 Å². The summed E-state index contributed by atoms with van der Waals surface area (Å²) in [6.07, 6.45) is -4.55. The zero-order chi connectivity index (χ0) is 16.0. The van der Waals surface area contributed by atoms with Crippen molar-refractivity contribution in [1.29, 1.82) is 0 Å². The zero-order valence-electron chi connectivity index (χ0n) is 12.0. The van der Waals surface area contributed by atoms with Crippen molar-refractivity contribution < 1.29 is 22.7 Å². The van der Waals surface area contributed by atoms with Crippen molar-refractivity contribution in [3.8, 4) is 0 Å². The number of amides is 2. The van der Waals surface area contributed by atoms with Crippen LogP contribution in [0.15, 0.2) is 18.2 Å². The van der Waals surface area contributed by atoms with Gasteiger partial charge < -0.3 is 20.3 Å². The van der Waals surface area contributed by atoms with Crippen molar-refractivity contribution in [3.63, 3.8) is 0 Å². The van der Waals surface area contributed by atoms with Gasteiger partial charge in [-0.2, -0.15) is 13.2 Å². The molecule has 0 aliphatic heterocycles. The highest BCUT2D eigenvalue weighted by Crippen LogP contribution is 2.37. The molecule has 0 aromatic heterocycles. The maximum atomic E-state index is 13.0. The van der Waals surface area contributed by atoms with Gasteiger partial charge in [0.2, 0.25) is 0 Å². The van der Waals surface area contributed by atoms with Crippen LogP contribution < -0.4 is 15.5 Å². The monoisotopic (exact) mass is 305 g/mol. The third kappa shape index (κ3) is 5.14. The van der Waals surface area contributed by atoms with E-state index in [0.29, 0.717) is 5.69 Å². The number of hydrogen-bond donors (Lipinski definition) is 2. The molecule has 0 aliphatic rings. The van der Waals surface area contributed by atoms with Crippen LogP contribution in [0.3, 0.4) is 0 Å². The van der Waals surface area contributed by atoms with Crippen LogP contribution in [0.25, 0.3) is 0 Å². The van der Waals surface area contributed by atoms with Crippen molar-refractivity contribution in [1.82, 2.24) is 5.32 Å². The minimum absolute atomic E-state index is 0.208. The maximum absolute atomic E-state index is 13.0. The number of carbonyl (C=O) groups is 1. The van der Waals surface area contributed by atoms with Gasteiger partial charge in [0.1, 0.15) is 0 Å². The fraction of sp³-hybridized carbons (Fsp3) is 0.462. The van der Waals surface area contributed by atoms with E-state index < -0.39 is 17.8 Å². The number of nitrogens with zero attached hydrogens (tertiary/aromatic N) is 1. The summed E-state index contributed by atoms with van der Waals surface area (Å²) >= 11 is 0. The van der Waals surface area contributed by atoms with E-state index in [9.17, 15) is 18.0 Å². The van der Waals surface area contributed by atoms with Crippen LogP contribution >= 0.6 is 0 Å². The molecule has 0 radical (unpaired) electrons. The Balaban J connectivity index is 2.93. The summed E-state index contributed by atoms with van der Waals surface area (Å²) in [5.41, 5.74) is -0.786. The number of methoxy groups -OCH3 is 1. The van der Waals surface area contributed by atoms with E-state index in [2.05, 4.69) is 10.6 Å². The number of nitrogens with one attached hydrogen (secondary N) is 2. The van der Waals surface area contributed by atoms with Gasteiger partial charge >= 0.3 is 12.2 Å². The molecule has 0 atom stereocenters. The largest absolute Gasteiger partial charge is 0.418 e. The van der Waals surface area contributed by atoms with Gasteiger partial charge in [-0.05, 0) is 18.2 Å². The van der Waals surface area contributed by atoms with Crippen molar-refractivity contribution >= 4 is 17.4 Å². The smallest absolute Gasteiger partial charge is 0.383 e. The molecular weight excluding hydrogens is 287 g/mol. The van der Waals surface area contributed by atoms with Gasteiger partial charge in [-0.1, -0.05) is 0 Å². The molecule has 0 fully saturated rings. The maximum Gasteiger partial charge on any atom is 0.418 e. The van der Waals surface area contributed by atoms with Gasteiger partial charge in [-0.15, -0.1) is 0 Å². The number of ether oxygens (including phenoxy) is 1. The predicted octanol–water partition coefficient (Wildman–Crippen LogP) is 2.54. The highest BCUT2D eigenvalue weighted by Gasteiger charge is 2.34. The molecule has 2 amide bonds. The number of alkyl halides is 3. The summed E-state index contributed by atoms with van der Waals surface area (Å²) in [4.78, 5) is 13.1. The SMILES string of the molecule is COCCNC(=O)Nc1ccc(N(C)C)cc1C(F)(F)F. The molecule has 2 N–H and O–H groups in total. The predicted molar refractivity (Wildman–Crippen MR) is 74.7 cm³/mol. The van der Waals surface area contributed by atoms with E-state index >= 15 is 0 Å². The van der Waals surface area contributed by atoms with Crippen LogP contribution in [0.4, 0.5) is 29.3 Å². The molecule has 1 aromatic carbocycles. The Morgan fingerprint density at radius 1 is 1.33 bits per heavy atom. The van der Waals surface area contributed by atoms with Crippen LogP contribution in [-0.4, -0.2) is 40.4 Å². The number of urea groups is 1. The Bertz CT molecular complexity index is 490. The van der Waals surface area contributed by atoms with Crippen molar-refractivity contribution in [2.24, 2.45) is 0 Å². The number of benzene rings is 1. The molecule has 0 unspecified atom stereocenters. The second-order valence-corrected chi connectivity index (χ2v) is 4.50. The Labute approximate surface area is 121 Å². The lowest BCUT2D eigenvalue weighted by Crippen LogP contribution is -2.32. The first kappa shape index (κ1) is 17.1. The number of carbonyl (C=O) groups excluding carboxylic acids is 1. The Morgan fingerprint density at radius 2 is 2.00 bits per heavy atom. The minimum Gasteiger partial charge on any atom is -0.383 e. The molecule has 5 nitrogen and oxygen atoms in total. The van der Waals surface area contributed by atoms with E-state index in [4.69, 9.17) is 4.74 Å². The third-order valence-corrected chi connectivity index (χ3v) is 2.66. The van der Waals surface area contributed by atoms with E-state index in [0.717, 1.165) is 6.07 Å². The van der Waals surface area contributed by atoms with Gasteiger partial charge in [0.15, 0.2) is 0 Å². The highest BCUT2D eigenvalue weighted by atomic mass is 19.4. The quantitative estimate of drug-likeness (QED) is 0.822. The molecule has 21 heavy (non-hydrogen) atoms. The second kappa shape index (κ2) is 7.16. The number of halogens is 3. The normalized spacial score (nSPS) is 11.1. The molecule has 0 aliphatic carbocycles. The number of rotatable bonds is 5. The Morgan fingerprint density at radius 3 is 2.52 bits per heavy atom. The highest BCUT2D eigenvalue weighted by molar-refractivity contribution is 5.90.